The van der Waals surface area contributed by atoms with Crippen LogP contribution < -0.4 is 5.73 Å². The minimum atomic E-state index is 0.132. The highest BCUT2D eigenvalue weighted by molar-refractivity contribution is 5.81. The highest BCUT2D eigenvalue weighted by atomic mass is 16.5. The topological polar surface area (TPSA) is 74.4 Å². The molecule has 1 aromatic heterocycles. The van der Waals surface area contributed by atoms with Crippen LogP contribution in [-0.2, 0) is 20.7 Å². The first-order valence-electron chi connectivity index (χ1n) is 5.51. The van der Waals surface area contributed by atoms with Crippen LogP contribution >= 0.6 is 0 Å². The van der Waals surface area contributed by atoms with Crippen LogP contribution in [0.15, 0.2) is 18.3 Å². The molecule has 5 heteroatoms. The van der Waals surface area contributed by atoms with Gasteiger partial charge in [-0.3, -0.25) is 4.79 Å². The molecule has 1 rings (SSSR count). The monoisotopic (exact) mass is 238 g/mol. The molecule has 0 aliphatic rings. The minimum absolute atomic E-state index is 0.132. The number of carbonyl (C=O) groups excluding carboxylic acids is 1. The van der Waals surface area contributed by atoms with Crippen LogP contribution in [-0.4, -0.2) is 37.7 Å². The number of hydrogen-bond donors (Lipinski definition) is 1. The lowest BCUT2D eigenvalue weighted by Gasteiger charge is -2.03. The van der Waals surface area contributed by atoms with E-state index in [-0.39, 0.29) is 5.78 Å². The molecule has 1 aromatic rings. The number of carbonyl (C=O) groups is 1. The molecule has 17 heavy (non-hydrogen) atoms. The first-order chi connectivity index (χ1) is 8.22. The Labute approximate surface area is 101 Å². The predicted octanol–water partition coefficient (Wildman–Crippen LogP) is 0.828. The second-order valence-electron chi connectivity index (χ2n) is 3.66. The van der Waals surface area contributed by atoms with Gasteiger partial charge in [-0.2, -0.15) is 0 Å². The van der Waals surface area contributed by atoms with Crippen molar-refractivity contribution in [3.05, 3.63) is 23.9 Å². The van der Waals surface area contributed by atoms with Crippen LogP contribution in [0.4, 0.5) is 5.82 Å². The van der Waals surface area contributed by atoms with Gasteiger partial charge < -0.3 is 15.2 Å². The van der Waals surface area contributed by atoms with E-state index < -0.39 is 0 Å². The number of nitrogen functional groups attached to an aromatic ring is 1. The fourth-order valence-corrected chi connectivity index (χ4v) is 1.35. The molecule has 0 saturated heterocycles. The molecule has 0 atom stereocenters. The van der Waals surface area contributed by atoms with E-state index in [1.807, 2.05) is 0 Å². The third kappa shape index (κ3) is 5.99. The molecule has 0 amide bonds. The summed E-state index contributed by atoms with van der Waals surface area (Å²) in [5.74, 6) is 0.569. The standard InChI is InChI=1S/C12H18N2O3/c1-16-6-7-17-5-3-11(15)8-10-2-4-14-12(13)9-10/h2,4,9H,3,5-8H2,1H3,(H2,13,14). The molecule has 1 heterocycles. The molecule has 0 aromatic carbocycles. The van der Waals surface area contributed by atoms with Gasteiger partial charge >= 0.3 is 0 Å². The van der Waals surface area contributed by atoms with Gasteiger partial charge in [-0.15, -0.1) is 0 Å². The van der Waals surface area contributed by atoms with E-state index in [0.29, 0.717) is 38.5 Å². The van der Waals surface area contributed by atoms with E-state index >= 15 is 0 Å². The number of ether oxygens (including phenoxy) is 2. The van der Waals surface area contributed by atoms with Crippen LogP contribution in [0.5, 0.6) is 0 Å². The first-order valence-corrected chi connectivity index (χ1v) is 5.51. The minimum Gasteiger partial charge on any atom is -0.384 e. The average Bonchev–Trinajstić information content (AvgIpc) is 2.29. The molecule has 0 spiro atoms. The Balaban J connectivity index is 2.21. The third-order valence-corrected chi connectivity index (χ3v) is 2.20. The smallest absolute Gasteiger partial charge is 0.139 e. The maximum absolute atomic E-state index is 11.6. The zero-order valence-electron chi connectivity index (χ0n) is 10.0. The van der Waals surface area contributed by atoms with Crippen LogP contribution in [0.3, 0.4) is 0 Å². The maximum Gasteiger partial charge on any atom is 0.139 e. The molecule has 0 bridgehead atoms. The Morgan fingerprint density at radius 1 is 1.41 bits per heavy atom. The fraction of sp³-hybridized carbons (Fsp3) is 0.500. The molecule has 0 fully saturated rings. The van der Waals surface area contributed by atoms with E-state index in [2.05, 4.69) is 4.98 Å². The van der Waals surface area contributed by atoms with Crippen LogP contribution in [0, 0.1) is 0 Å². The van der Waals surface area contributed by atoms with E-state index in [4.69, 9.17) is 15.2 Å². The molecule has 94 valence electrons. The Bertz CT molecular complexity index is 355. The van der Waals surface area contributed by atoms with Crippen molar-refractivity contribution in [3.8, 4) is 0 Å². The van der Waals surface area contributed by atoms with Gasteiger partial charge in [-0.25, -0.2) is 4.98 Å². The van der Waals surface area contributed by atoms with Crippen molar-refractivity contribution in [2.45, 2.75) is 12.8 Å². The Morgan fingerprint density at radius 3 is 2.94 bits per heavy atom. The normalized spacial score (nSPS) is 10.4. The summed E-state index contributed by atoms with van der Waals surface area (Å²) in [6.45, 7) is 1.50. The quantitative estimate of drug-likeness (QED) is 0.679. The van der Waals surface area contributed by atoms with Crippen molar-refractivity contribution in [1.82, 2.24) is 4.98 Å². The number of pyridine rings is 1. The summed E-state index contributed by atoms with van der Waals surface area (Å²) in [7, 11) is 1.61. The zero-order valence-corrected chi connectivity index (χ0v) is 10.0. The number of nitrogens with two attached hydrogens (primary N) is 1. The van der Waals surface area contributed by atoms with Crippen molar-refractivity contribution >= 4 is 11.6 Å². The first kappa shape index (κ1) is 13.6. The summed E-state index contributed by atoms with van der Waals surface area (Å²) in [6.07, 6.45) is 2.39. The highest BCUT2D eigenvalue weighted by Crippen LogP contribution is 2.05. The lowest BCUT2D eigenvalue weighted by atomic mass is 10.1. The van der Waals surface area contributed by atoms with E-state index in [0.717, 1.165) is 5.56 Å². The van der Waals surface area contributed by atoms with Crippen LogP contribution in [0.2, 0.25) is 0 Å². The zero-order chi connectivity index (χ0) is 12.5. The van der Waals surface area contributed by atoms with E-state index in [9.17, 15) is 4.79 Å². The number of ketones is 1. The van der Waals surface area contributed by atoms with Crippen molar-refractivity contribution in [2.24, 2.45) is 0 Å². The van der Waals surface area contributed by atoms with Gasteiger partial charge in [0.05, 0.1) is 19.8 Å². The SMILES string of the molecule is COCCOCCC(=O)Cc1ccnc(N)c1. The number of anilines is 1. The lowest BCUT2D eigenvalue weighted by Crippen LogP contribution is -2.10. The van der Waals surface area contributed by atoms with Crippen molar-refractivity contribution < 1.29 is 14.3 Å². The largest absolute Gasteiger partial charge is 0.384 e. The second-order valence-corrected chi connectivity index (χ2v) is 3.66. The van der Waals surface area contributed by atoms with Gasteiger partial charge in [-0.1, -0.05) is 0 Å². The summed E-state index contributed by atoms with van der Waals surface area (Å²) in [5.41, 5.74) is 6.42. The number of hydrogen-bond acceptors (Lipinski definition) is 5. The maximum atomic E-state index is 11.6. The molecule has 0 saturated carbocycles. The van der Waals surface area contributed by atoms with Crippen LogP contribution in [0.1, 0.15) is 12.0 Å². The number of nitrogens with zero attached hydrogens (tertiary/aromatic N) is 1. The lowest BCUT2D eigenvalue weighted by molar-refractivity contribution is -0.119. The van der Waals surface area contributed by atoms with Gasteiger partial charge in [0.25, 0.3) is 0 Å². The number of aromatic nitrogens is 1. The molecule has 0 aliphatic carbocycles. The molecular weight excluding hydrogens is 220 g/mol. The van der Waals surface area contributed by atoms with E-state index in [1.165, 1.54) is 0 Å². The summed E-state index contributed by atoms with van der Waals surface area (Å²) < 4.78 is 10.1. The molecule has 0 radical (unpaired) electrons. The average molecular weight is 238 g/mol. The number of methoxy groups -OCH3 is 1. The van der Waals surface area contributed by atoms with Crippen molar-refractivity contribution in [1.29, 1.82) is 0 Å². The van der Waals surface area contributed by atoms with Gasteiger partial charge in [0.1, 0.15) is 11.6 Å². The summed E-state index contributed by atoms with van der Waals surface area (Å²) in [4.78, 5) is 15.5. The molecule has 2 N–H and O–H groups in total. The molecular formula is C12H18N2O3. The third-order valence-electron chi connectivity index (χ3n) is 2.20. The fourth-order valence-electron chi connectivity index (χ4n) is 1.35. The van der Waals surface area contributed by atoms with Gasteiger partial charge in [0.15, 0.2) is 0 Å². The Kier molecular flexibility index (Phi) is 6.21. The molecule has 5 nitrogen and oxygen atoms in total. The Hall–Kier alpha value is -1.46. The molecule has 0 aliphatic heterocycles. The molecule has 0 unspecified atom stereocenters. The van der Waals surface area contributed by atoms with Gasteiger partial charge in [-0.05, 0) is 17.7 Å². The van der Waals surface area contributed by atoms with E-state index in [1.54, 1.807) is 25.4 Å². The Morgan fingerprint density at radius 2 is 2.24 bits per heavy atom. The summed E-state index contributed by atoms with van der Waals surface area (Å²) in [6, 6.07) is 3.50. The highest BCUT2D eigenvalue weighted by Gasteiger charge is 2.04. The summed E-state index contributed by atoms with van der Waals surface area (Å²) >= 11 is 0. The van der Waals surface area contributed by atoms with Crippen LogP contribution in [0.25, 0.3) is 0 Å². The predicted molar refractivity (Wildman–Crippen MR) is 64.7 cm³/mol. The summed E-state index contributed by atoms with van der Waals surface area (Å²) in [5, 5.41) is 0. The van der Waals surface area contributed by atoms with Gasteiger partial charge in [0.2, 0.25) is 0 Å². The number of rotatable bonds is 8. The van der Waals surface area contributed by atoms with Crippen molar-refractivity contribution in [3.63, 3.8) is 0 Å². The van der Waals surface area contributed by atoms with Crippen molar-refractivity contribution in [2.75, 3.05) is 32.7 Å². The second kappa shape index (κ2) is 7.76. The van der Waals surface area contributed by atoms with Gasteiger partial charge in [0, 0.05) is 26.1 Å². The number of Topliss-reactive ketones (excluding diaryl/α,β-unsaturated/α-hetero) is 1.